The van der Waals surface area contributed by atoms with Gasteiger partial charge in [0, 0.05) is 12.6 Å². The summed E-state index contributed by atoms with van der Waals surface area (Å²) in [5.74, 6) is 2.24. The molecule has 0 spiro atoms. The molecule has 80 valence electrons. The quantitative estimate of drug-likeness (QED) is 0.773. The number of hydrogen-bond donors (Lipinski definition) is 2. The van der Waals surface area contributed by atoms with Gasteiger partial charge in [0.1, 0.15) is 11.6 Å². The molecule has 0 unspecified atom stereocenters. The first-order chi connectivity index (χ1) is 7.22. The minimum absolute atomic E-state index is 0.516. The van der Waals surface area contributed by atoms with Crippen molar-refractivity contribution in [1.82, 2.24) is 9.97 Å². The van der Waals surface area contributed by atoms with Crippen LogP contribution in [-0.4, -0.2) is 22.6 Å². The number of imidazole rings is 1. The number of aryl methyl sites for hydroxylation is 1. The predicted octanol–water partition coefficient (Wildman–Crippen LogP) is 1.18. The van der Waals surface area contributed by atoms with Gasteiger partial charge in [0.05, 0.1) is 12.5 Å². The number of rotatable bonds is 4. The summed E-state index contributed by atoms with van der Waals surface area (Å²) >= 11 is 0. The summed E-state index contributed by atoms with van der Waals surface area (Å²) in [5, 5.41) is 8.60. The van der Waals surface area contributed by atoms with Gasteiger partial charge in [0.2, 0.25) is 0 Å². The van der Waals surface area contributed by atoms with Crippen LogP contribution in [0.3, 0.4) is 0 Å². The third-order valence-corrected chi connectivity index (χ3v) is 2.55. The number of nitriles is 1. The summed E-state index contributed by atoms with van der Waals surface area (Å²) < 4.78 is 0. The number of hydrogen-bond acceptors (Lipinski definition) is 4. The van der Waals surface area contributed by atoms with Gasteiger partial charge >= 0.3 is 0 Å². The summed E-state index contributed by atoms with van der Waals surface area (Å²) in [6.07, 6.45) is 2.87. The van der Waals surface area contributed by atoms with Crippen LogP contribution in [0.15, 0.2) is 0 Å². The number of nitrogens with zero attached hydrogens (tertiary/aromatic N) is 3. The monoisotopic (exact) mass is 205 g/mol. The van der Waals surface area contributed by atoms with Crippen molar-refractivity contribution in [3.63, 3.8) is 0 Å². The van der Waals surface area contributed by atoms with E-state index < -0.39 is 0 Å². The van der Waals surface area contributed by atoms with Crippen LogP contribution in [-0.2, 0) is 0 Å². The highest BCUT2D eigenvalue weighted by Crippen LogP contribution is 2.33. The Labute approximate surface area is 88.9 Å². The first-order valence-corrected chi connectivity index (χ1v) is 5.18. The van der Waals surface area contributed by atoms with Crippen LogP contribution in [0.4, 0.5) is 11.6 Å². The molecule has 1 saturated carbocycles. The summed E-state index contributed by atoms with van der Waals surface area (Å²) in [4.78, 5) is 9.49. The smallest absolute Gasteiger partial charge is 0.171 e. The van der Waals surface area contributed by atoms with Crippen LogP contribution >= 0.6 is 0 Å². The van der Waals surface area contributed by atoms with Crippen molar-refractivity contribution in [3.05, 3.63) is 5.82 Å². The van der Waals surface area contributed by atoms with Crippen molar-refractivity contribution in [2.24, 2.45) is 0 Å². The highest BCUT2D eigenvalue weighted by Gasteiger charge is 2.31. The fourth-order valence-electron chi connectivity index (χ4n) is 1.73. The molecule has 0 bridgehead atoms. The van der Waals surface area contributed by atoms with Crippen LogP contribution in [0.2, 0.25) is 0 Å². The topological polar surface area (TPSA) is 81.7 Å². The molecule has 3 N–H and O–H groups in total. The summed E-state index contributed by atoms with van der Waals surface area (Å²) in [5.41, 5.74) is 5.84. The van der Waals surface area contributed by atoms with Crippen LogP contribution in [0.25, 0.3) is 0 Å². The van der Waals surface area contributed by atoms with E-state index >= 15 is 0 Å². The number of aromatic nitrogens is 2. The molecule has 0 atom stereocenters. The molecule has 1 aliphatic carbocycles. The highest BCUT2D eigenvalue weighted by atomic mass is 15.3. The molecule has 15 heavy (non-hydrogen) atoms. The average Bonchev–Trinajstić information content (AvgIpc) is 2.95. The second-order valence-electron chi connectivity index (χ2n) is 3.89. The number of nitrogen functional groups attached to an aromatic ring is 1. The minimum Gasteiger partial charge on any atom is -0.382 e. The fourth-order valence-corrected chi connectivity index (χ4v) is 1.73. The molecule has 0 saturated heterocycles. The van der Waals surface area contributed by atoms with E-state index in [4.69, 9.17) is 11.0 Å². The Balaban J connectivity index is 2.16. The van der Waals surface area contributed by atoms with Crippen LogP contribution < -0.4 is 10.6 Å². The maximum atomic E-state index is 8.60. The number of aromatic amines is 1. The molecule has 1 aromatic heterocycles. The Morgan fingerprint density at radius 3 is 2.87 bits per heavy atom. The summed E-state index contributed by atoms with van der Waals surface area (Å²) in [7, 11) is 0. The number of nitrogens with one attached hydrogen (secondary N) is 1. The van der Waals surface area contributed by atoms with E-state index in [0.29, 0.717) is 18.3 Å². The average molecular weight is 205 g/mol. The molecule has 0 radical (unpaired) electrons. The van der Waals surface area contributed by atoms with Crippen LogP contribution in [0.1, 0.15) is 25.1 Å². The van der Waals surface area contributed by atoms with Gasteiger partial charge in [-0.25, -0.2) is 4.98 Å². The van der Waals surface area contributed by atoms with Gasteiger partial charge in [0.25, 0.3) is 0 Å². The molecular formula is C10H15N5. The van der Waals surface area contributed by atoms with E-state index in [-0.39, 0.29) is 0 Å². The molecule has 1 aromatic rings. The van der Waals surface area contributed by atoms with E-state index in [9.17, 15) is 0 Å². The zero-order valence-electron chi connectivity index (χ0n) is 8.82. The van der Waals surface area contributed by atoms with Gasteiger partial charge in [-0.05, 0) is 19.8 Å². The lowest BCUT2D eigenvalue weighted by Crippen LogP contribution is -2.27. The van der Waals surface area contributed by atoms with Crippen molar-refractivity contribution in [1.29, 1.82) is 5.26 Å². The Morgan fingerprint density at radius 1 is 1.67 bits per heavy atom. The second kappa shape index (κ2) is 3.81. The largest absolute Gasteiger partial charge is 0.382 e. The molecule has 1 aliphatic rings. The van der Waals surface area contributed by atoms with Crippen molar-refractivity contribution in [2.75, 3.05) is 17.2 Å². The lowest BCUT2D eigenvalue weighted by atomic mass is 10.4. The second-order valence-corrected chi connectivity index (χ2v) is 3.89. The van der Waals surface area contributed by atoms with E-state index in [0.717, 1.165) is 18.2 Å². The SMILES string of the molecule is Cc1nc(N(CCC#N)C2CC2)c(N)[nH]1. The molecule has 0 aliphatic heterocycles. The number of nitrogens with two attached hydrogens (primary N) is 1. The van der Waals surface area contributed by atoms with E-state index in [2.05, 4.69) is 20.9 Å². The number of H-pyrrole nitrogens is 1. The standard InChI is InChI=1S/C10H15N5/c1-7-13-9(12)10(14-7)15(6-2-5-11)8-3-4-8/h8H,2-4,6,12H2,1H3,(H,13,14). The van der Waals surface area contributed by atoms with Gasteiger partial charge < -0.3 is 15.6 Å². The van der Waals surface area contributed by atoms with Crippen molar-refractivity contribution in [2.45, 2.75) is 32.2 Å². The first kappa shape index (κ1) is 9.84. The lowest BCUT2D eigenvalue weighted by Gasteiger charge is -2.21. The molecule has 0 amide bonds. The van der Waals surface area contributed by atoms with Crippen molar-refractivity contribution < 1.29 is 0 Å². The molecular weight excluding hydrogens is 190 g/mol. The first-order valence-electron chi connectivity index (χ1n) is 5.18. The van der Waals surface area contributed by atoms with Gasteiger partial charge in [-0.2, -0.15) is 5.26 Å². The van der Waals surface area contributed by atoms with Gasteiger partial charge in [0.15, 0.2) is 5.82 Å². The fraction of sp³-hybridized carbons (Fsp3) is 0.600. The van der Waals surface area contributed by atoms with Crippen molar-refractivity contribution >= 4 is 11.6 Å². The van der Waals surface area contributed by atoms with Gasteiger partial charge in [-0.1, -0.05) is 0 Å². The van der Waals surface area contributed by atoms with Crippen molar-refractivity contribution in [3.8, 4) is 6.07 Å². The third-order valence-electron chi connectivity index (χ3n) is 2.55. The number of anilines is 2. The van der Waals surface area contributed by atoms with E-state index in [1.807, 2.05) is 6.92 Å². The zero-order chi connectivity index (χ0) is 10.8. The van der Waals surface area contributed by atoms with Crippen LogP contribution in [0.5, 0.6) is 0 Å². The van der Waals surface area contributed by atoms with Gasteiger partial charge in [-0.3, -0.25) is 0 Å². The Bertz CT molecular complexity index is 385. The van der Waals surface area contributed by atoms with E-state index in [1.54, 1.807) is 0 Å². The van der Waals surface area contributed by atoms with Gasteiger partial charge in [-0.15, -0.1) is 0 Å². The molecule has 1 heterocycles. The Morgan fingerprint density at radius 2 is 2.40 bits per heavy atom. The Hall–Kier alpha value is -1.70. The molecule has 0 aromatic carbocycles. The normalized spacial score (nSPS) is 14.9. The molecule has 2 rings (SSSR count). The zero-order valence-corrected chi connectivity index (χ0v) is 8.82. The third kappa shape index (κ3) is 2.04. The maximum absolute atomic E-state index is 8.60. The molecule has 5 heteroatoms. The van der Waals surface area contributed by atoms with Crippen LogP contribution in [0, 0.1) is 18.3 Å². The predicted molar refractivity (Wildman–Crippen MR) is 58.3 cm³/mol. The lowest BCUT2D eigenvalue weighted by molar-refractivity contribution is 0.781. The highest BCUT2D eigenvalue weighted by molar-refractivity contribution is 5.60. The maximum Gasteiger partial charge on any atom is 0.171 e. The van der Waals surface area contributed by atoms with E-state index in [1.165, 1.54) is 12.8 Å². The molecule has 5 nitrogen and oxygen atoms in total. The Kier molecular flexibility index (Phi) is 2.50. The summed E-state index contributed by atoms with van der Waals surface area (Å²) in [6, 6.07) is 2.69. The minimum atomic E-state index is 0.516. The molecule has 1 fully saturated rings. The summed E-state index contributed by atoms with van der Waals surface area (Å²) in [6.45, 7) is 2.60.